The van der Waals surface area contributed by atoms with E-state index < -0.39 is 18.3 Å². The van der Waals surface area contributed by atoms with Crippen molar-refractivity contribution in [2.45, 2.75) is 44.8 Å². The van der Waals surface area contributed by atoms with Crippen LogP contribution < -0.4 is 4.74 Å². The third-order valence-corrected chi connectivity index (χ3v) is 6.82. The summed E-state index contributed by atoms with van der Waals surface area (Å²) in [6, 6.07) is 17.5. The zero-order valence-corrected chi connectivity index (χ0v) is 21.3. The van der Waals surface area contributed by atoms with Crippen molar-refractivity contribution in [2.75, 3.05) is 6.54 Å². The minimum atomic E-state index is -1.13. The SMILES string of the molecule is CC1(Cc2ccc(Cl)cc2)Cc2cc(CCC(=O)N(CC(=O)O)Cc3ccc(F)cc3Cl)ccc2O1. The molecule has 0 bridgehead atoms. The first-order chi connectivity index (χ1) is 17.1. The van der Waals surface area contributed by atoms with Crippen molar-refractivity contribution in [3.63, 3.8) is 0 Å². The zero-order chi connectivity index (χ0) is 25.9. The van der Waals surface area contributed by atoms with Gasteiger partial charge in [0.2, 0.25) is 5.91 Å². The molecule has 1 aliphatic heterocycles. The van der Waals surface area contributed by atoms with Crippen LogP contribution in [-0.4, -0.2) is 34.0 Å². The topological polar surface area (TPSA) is 66.8 Å². The summed E-state index contributed by atoms with van der Waals surface area (Å²) >= 11 is 12.1. The van der Waals surface area contributed by atoms with Crippen molar-refractivity contribution in [1.29, 1.82) is 0 Å². The van der Waals surface area contributed by atoms with Crippen molar-refractivity contribution in [1.82, 2.24) is 4.90 Å². The summed E-state index contributed by atoms with van der Waals surface area (Å²) in [7, 11) is 0. The van der Waals surface area contributed by atoms with Gasteiger partial charge in [-0.25, -0.2) is 4.39 Å². The fraction of sp³-hybridized carbons (Fsp3) is 0.286. The molecule has 0 fully saturated rings. The van der Waals surface area contributed by atoms with Crippen molar-refractivity contribution >= 4 is 35.1 Å². The van der Waals surface area contributed by atoms with Gasteiger partial charge in [0, 0.05) is 35.9 Å². The van der Waals surface area contributed by atoms with Crippen LogP contribution in [0.4, 0.5) is 4.39 Å². The molecular weight excluding hydrogens is 504 g/mol. The molecule has 3 aromatic carbocycles. The van der Waals surface area contributed by atoms with Gasteiger partial charge in [-0.1, -0.05) is 53.5 Å². The van der Waals surface area contributed by atoms with E-state index in [1.54, 1.807) is 0 Å². The highest BCUT2D eigenvalue weighted by molar-refractivity contribution is 6.31. The third-order valence-electron chi connectivity index (χ3n) is 6.22. The number of rotatable bonds is 9. The molecule has 36 heavy (non-hydrogen) atoms. The van der Waals surface area contributed by atoms with Gasteiger partial charge >= 0.3 is 5.97 Å². The highest BCUT2D eigenvalue weighted by Gasteiger charge is 2.35. The van der Waals surface area contributed by atoms with E-state index in [2.05, 4.69) is 6.92 Å². The van der Waals surface area contributed by atoms with Crippen LogP contribution in [-0.2, 0) is 35.4 Å². The number of carboxylic acid groups (broad SMARTS) is 1. The van der Waals surface area contributed by atoms with Gasteiger partial charge < -0.3 is 14.7 Å². The standard InChI is InChI=1S/C28H26Cl2FNO4/c1-28(14-19-2-7-22(29)8-3-19)15-21-12-18(4-10-25(21)36-28)5-11-26(33)32(17-27(34)35)16-20-6-9-23(31)13-24(20)30/h2-4,6-10,12-13H,5,11,14-17H2,1H3,(H,34,35). The Morgan fingerprint density at radius 3 is 2.47 bits per heavy atom. The van der Waals surface area contributed by atoms with Crippen molar-refractivity contribution in [2.24, 2.45) is 0 Å². The van der Waals surface area contributed by atoms with Crippen LogP contribution in [0.5, 0.6) is 5.75 Å². The van der Waals surface area contributed by atoms with Crippen LogP contribution in [0, 0.1) is 5.82 Å². The first-order valence-electron chi connectivity index (χ1n) is 11.6. The molecule has 188 valence electrons. The molecule has 1 N–H and O–H groups in total. The Morgan fingerprint density at radius 2 is 1.78 bits per heavy atom. The Morgan fingerprint density at radius 1 is 1.06 bits per heavy atom. The van der Waals surface area contributed by atoms with Gasteiger partial charge in [0.15, 0.2) is 0 Å². The summed E-state index contributed by atoms with van der Waals surface area (Å²) in [6.45, 7) is 1.61. The summed E-state index contributed by atoms with van der Waals surface area (Å²) in [5.74, 6) is -1.11. The van der Waals surface area contributed by atoms with Crippen molar-refractivity contribution < 1.29 is 23.8 Å². The van der Waals surface area contributed by atoms with Gasteiger partial charge in [0.25, 0.3) is 0 Å². The van der Waals surface area contributed by atoms with Crippen LogP contribution in [0.15, 0.2) is 60.7 Å². The maximum Gasteiger partial charge on any atom is 0.323 e. The number of carbonyl (C=O) groups excluding carboxylic acids is 1. The van der Waals surface area contributed by atoms with Crippen LogP contribution in [0.2, 0.25) is 10.0 Å². The van der Waals surface area contributed by atoms with Crippen molar-refractivity contribution in [3.05, 3.63) is 98.8 Å². The number of hydrogen-bond acceptors (Lipinski definition) is 3. The lowest BCUT2D eigenvalue weighted by Gasteiger charge is -2.24. The van der Waals surface area contributed by atoms with E-state index in [9.17, 15) is 19.1 Å². The van der Waals surface area contributed by atoms with Crippen LogP contribution in [0.1, 0.15) is 35.6 Å². The maximum absolute atomic E-state index is 13.4. The molecule has 1 amide bonds. The maximum atomic E-state index is 13.4. The average molecular weight is 530 g/mol. The molecule has 8 heteroatoms. The minimum absolute atomic E-state index is 0.00860. The lowest BCUT2D eigenvalue weighted by Crippen LogP contribution is -2.35. The number of fused-ring (bicyclic) bond motifs is 1. The first kappa shape index (κ1) is 26.0. The Bertz CT molecular complexity index is 1280. The minimum Gasteiger partial charge on any atom is -0.487 e. The van der Waals surface area contributed by atoms with Gasteiger partial charge in [-0.3, -0.25) is 9.59 Å². The number of halogens is 3. The molecule has 0 aromatic heterocycles. The molecule has 1 heterocycles. The fourth-order valence-electron chi connectivity index (χ4n) is 4.52. The molecule has 4 rings (SSSR count). The van der Waals surface area contributed by atoms with Gasteiger partial charge in [-0.2, -0.15) is 0 Å². The Kier molecular flexibility index (Phi) is 7.86. The van der Waals surface area contributed by atoms with E-state index in [1.807, 2.05) is 42.5 Å². The monoisotopic (exact) mass is 529 g/mol. The number of aryl methyl sites for hydroxylation is 1. The molecule has 0 saturated heterocycles. The second-order valence-electron chi connectivity index (χ2n) is 9.35. The van der Waals surface area contributed by atoms with Gasteiger partial charge in [0.05, 0.1) is 0 Å². The highest BCUT2D eigenvalue weighted by Crippen LogP contribution is 2.37. The predicted molar refractivity (Wildman–Crippen MR) is 137 cm³/mol. The zero-order valence-electron chi connectivity index (χ0n) is 19.8. The number of aliphatic carboxylic acids is 1. The molecule has 5 nitrogen and oxygen atoms in total. The number of amides is 1. The largest absolute Gasteiger partial charge is 0.487 e. The molecular formula is C28H26Cl2FNO4. The van der Waals surface area contributed by atoms with Crippen LogP contribution >= 0.6 is 23.2 Å². The summed E-state index contributed by atoms with van der Waals surface area (Å²) in [6.07, 6.45) is 2.06. The molecule has 1 unspecified atom stereocenters. The Balaban J connectivity index is 1.39. The summed E-state index contributed by atoms with van der Waals surface area (Å²) in [5.41, 5.74) is 3.30. The van der Waals surface area contributed by atoms with Crippen LogP contribution in [0.25, 0.3) is 0 Å². The normalized spacial score (nSPS) is 16.3. The van der Waals surface area contributed by atoms with E-state index >= 15 is 0 Å². The average Bonchev–Trinajstić information content (AvgIpc) is 3.15. The number of hydrogen-bond donors (Lipinski definition) is 1. The van der Waals surface area contributed by atoms with Crippen LogP contribution in [0.3, 0.4) is 0 Å². The Labute approximate surface area is 219 Å². The van der Waals surface area contributed by atoms with Gasteiger partial charge in [0.1, 0.15) is 23.7 Å². The number of carboxylic acids is 1. The van der Waals surface area contributed by atoms with Gasteiger partial charge in [-0.15, -0.1) is 0 Å². The van der Waals surface area contributed by atoms with E-state index in [0.717, 1.165) is 41.3 Å². The molecule has 0 spiro atoms. The number of carbonyl (C=O) groups is 2. The van der Waals surface area contributed by atoms with E-state index in [-0.39, 0.29) is 29.5 Å². The molecule has 1 aliphatic rings. The molecule has 3 aromatic rings. The number of nitrogens with zero attached hydrogens (tertiary/aromatic N) is 1. The van der Waals surface area contributed by atoms with E-state index in [4.69, 9.17) is 27.9 Å². The van der Waals surface area contributed by atoms with Gasteiger partial charge in [-0.05, 0) is 65.9 Å². The number of benzene rings is 3. The second kappa shape index (κ2) is 10.9. The Hall–Kier alpha value is -3.09. The molecule has 0 radical (unpaired) electrons. The molecule has 0 aliphatic carbocycles. The lowest BCUT2D eigenvalue weighted by molar-refractivity contribution is -0.144. The third kappa shape index (κ3) is 6.56. The predicted octanol–water partition coefficient (Wildman–Crippen LogP) is 6.11. The quantitative estimate of drug-likeness (QED) is 0.362. The first-order valence-corrected chi connectivity index (χ1v) is 12.3. The smallest absolute Gasteiger partial charge is 0.323 e. The highest BCUT2D eigenvalue weighted by atomic mass is 35.5. The molecule has 1 atom stereocenters. The fourth-order valence-corrected chi connectivity index (χ4v) is 4.88. The van der Waals surface area contributed by atoms with E-state index in [0.29, 0.717) is 17.0 Å². The number of ether oxygens (including phenoxy) is 1. The lowest BCUT2D eigenvalue weighted by atomic mass is 9.91. The van der Waals surface area contributed by atoms with E-state index in [1.165, 1.54) is 17.0 Å². The van der Waals surface area contributed by atoms with Crippen molar-refractivity contribution in [3.8, 4) is 5.75 Å². The summed E-state index contributed by atoms with van der Waals surface area (Å²) < 4.78 is 19.6. The molecule has 0 saturated carbocycles. The summed E-state index contributed by atoms with van der Waals surface area (Å²) in [5, 5.41) is 10.1. The summed E-state index contributed by atoms with van der Waals surface area (Å²) in [4.78, 5) is 25.5. The second-order valence-corrected chi connectivity index (χ2v) is 10.2.